The number of carbonyl (C=O) groups is 2. The van der Waals surface area contributed by atoms with Crippen molar-refractivity contribution >= 4 is 28.8 Å². The third kappa shape index (κ3) is 4.47. The van der Waals surface area contributed by atoms with Crippen LogP contribution in [0.15, 0.2) is 74.4 Å². The Morgan fingerprint density at radius 1 is 1.31 bits per heavy atom. The number of ether oxygens (including phenoxy) is 1. The molecule has 166 valence electrons. The fourth-order valence-electron chi connectivity index (χ4n) is 3.66. The number of halogens is 1. The van der Waals surface area contributed by atoms with Gasteiger partial charge in [0.05, 0.1) is 43.1 Å². The molecule has 1 N–H and O–H groups in total. The van der Waals surface area contributed by atoms with E-state index in [2.05, 4.69) is 10.3 Å². The lowest BCUT2D eigenvalue weighted by atomic mass is 9.93. The fraction of sp³-hybridized carbons (Fsp3) is 0.261. The van der Waals surface area contributed by atoms with Gasteiger partial charge in [0.15, 0.2) is 5.17 Å². The summed E-state index contributed by atoms with van der Waals surface area (Å²) >= 11 is 1.36. The van der Waals surface area contributed by atoms with Gasteiger partial charge in [-0.15, -0.1) is 0 Å². The summed E-state index contributed by atoms with van der Waals surface area (Å²) in [5.74, 6) is -0.493. The number of esters is 1. The van der Waals surface area contributed by atoms with Crippen molar-refractivity contribution in [1.29, 1.82) is 0 Å². The highest BCUT2D eigenvalue weighted by atomic mass is 32.2. The SMILES string of the molecule is CCOC(=O)C1=C(C)N=C2SC=C(CC(=O)NCc3ccco3)N2[C@@H]1c1cccc(F)c1. The van der Waals surface area contributed by atoms with E-state index in [1.807, 2.05) is 10.3 Å². The molecule has 1 atom stereocenters. The highest BCUT2D eigenvalue weighted by Crippen LogP contribution is 2.44. The molecule has 0 saturated heterocycles. The Labute approximate surface area is 189 Å². The topological polar surface area (TPSA) is 84.1 Å². The summed E-state index contributed by atoms with van der Waals surface area (Å²) in [4.78, 5) is 31.8. The number of allylic oxidation sites excluding steroid dienone is 1. The second-order valence-electron chi connectivity index (χ2n) is 7.20. The van der Waals surface area contributed by atoms with Crippen LogP contribution in [0.2, 0.25) is 0 Å². The zero-order valence-corrected chi connectivity index (χ0v) is 18.4. The Morgan fingerprint density at radius 2 is 2.16 bits per heavy atom. The maximum Gasteiger partial charge on any atom is 0.338 e. The van der Waals surface area contributed by atoms with E-state index in [0.717, 1.165) is 0 Å². The quantitative estimate of drug-likeness (QED) is 0.628. The zero-order chi connectivity index (χ0) is 22.7. The standard InChI is InChI=1S/C23H22FN3O4S/c1-3-30-22(29)20-14(2)26-23-27(21(20)15-6-4-7-16(24)10-15)17(13-32-23)11-19(28)25-12-18-8-5-9-31-18/h4-10,13,21H,3,11-12H2,1-2H3,(H,25,28)/t21-/m1/s1. The molecule has 3 heterocycles. The molecular formula is C23H22FN3O4S. The molecule has 7 nitrogen and oxygen atoms in total. The highest BCUT2D eigenvalue weighted by molar-refractivity contribution is 8.16. The van der Waals surface area contributed by atoms with Crippen molar-refractivity contribution in [3.63, 3.8) is 0 Å². The molecule has 0 saturated carbocycles. The predicted octanol–water partition coefficient (Wildman–Crippen LogP) is 4.26. The summed E-state index contributed by atoms with van der Waals surface area (Å²) in [6.07, 6.45) is 1.61. The third-order valence-corrected chi connectivity index (χ3v) is 5.93. The van der Waals surface area contributed by atoms with Crippen LogP contribution in [-0.4, -0.2) is 28.6 Å². The Balaban J connectivity index is 1.63. The number of aliphatic imine (C=N–C) groups is 1. The van der Waals surface area contributed by atoms with Crippen molar-refractivity contribution in [2.24, 2.45) is 4.99 Å². The summed E-state index contributed by atoms with van der Waals surface area (Å²) in [5, 5.41) is 5.28. The van der Waals surface area contributed by atoms with E-state index < -0.39 is 17.8 Å². The number of hydrogen-bond acceptors (Lipinski definition) is 7. The van der Waals surface area contributed by atoms with Crippen LogP contribution in [0.25, 0.3) is 0 Å². The number of nitrogens with zero attached hydrogens (tertiary/aromatic N) is 2. The second kappa shape index (κ2) is 9.44. The summed E-state index contributed by atoms with van der Waals surface area (Å²) in [6, 6.07) is 8.95. The maximum atomic E-state index is 14.1. The first-order valence-electron chi connectivity index (χ1n) is 10.1. The molecule has 4 rings (SSSR count). The minimum absolute atomic E-state index is 0.0632. The van der Waals surface area contributed by atoms with Crippen LogP contribution in [0, 0.1) is 5.82 Å². The summed E-state index contributed by atoms with van der Waals surface area (Å²) < 4.78 is 24.6. The van der Waals surface area contributed by atoms with Gasteiger partial charge < -0.3 is 19.4 Å². The van der Waals surface area contributed by atoms with E-state index in [1.54, 1.807) is 44.4 Å². The zero-order valence-electron chi connectivity index (χ0n) is 17.6. The van der Waals surface area contributed by atoms with Crippen molar-refractivity contribution < 1.29 is 23.1 Å². The van der Waals surface area contributed by atoms with Gasteiger partial charge in [0.25, 0.3) is 0 Å². The van der Waals surface area contributed by atoms with Crippen LogP contribution in [-0.2, 0) is 20.9 Å². The van der Waals surface area contributed by atoms with Crippen LogP contribution in [0.3, 0.4) is 0 Å². The minimum Gasteiger partial charge on any atom is -0.467 e. The molecule has 9 heteroatoms. The average Bonchev–Trinajstić information content (AvgIpc) is 3.41. The van der Waals surface area contributed by atoms with Crippen molar-refractivity contribution in [2.75, 3.05) is 6.61 Å². The average molecular weight is 456 g/mol. The smallest absolute Gasteiger partial charge is 0.338 e. The van der Waals surface area contributed by atoms with Gasteiger partial charge in [0.1, 0.15) is 11.6 Å². The molecule has 1 amide bonds. The number of thioether (sulfide) groups is 1. The largest absolute Gasteiger partial charge is 0.467 e. The molecule has 1 aromatic carbocycles. The van der Waals surface area contributed by atoms with Gasteiger partial charge in [-0.3, -0.25) is 4.79 Å². The van der Waals surface area contributed by atoms with Gasteiger partial charge in [-0.25, -0.2) is 14.2 Å². The number of furan rings is 1. The van der Waals surface area contributed by atoms with Crippen molar-refractivity contribution in [3.8, 4) is 0 Å². The number of benzene rings is 1. The minimum atomic E-state index is -0.656. The van der Waals surface area contributed by atoms with E-state index in [9.17, 15) is 14.0 Å². The van der Waals surface area contributed by atoms with Gasteiger partial charge in [0.2, 0.25) is 5.91 Å². The summed E-state index contributed by atoms with van der Waals surface area (Å²) in [6.45, 7) is 3.93. The molecule has 0 unspecified atom stereocenters. The molecule has 0 bridgehead atoms. The number of nitrogens with one attached hydrogen (secondary N) is 1. The number of amidine groups is 1. The van der Waals surface area contributed by atoms with Gasteiger partial charge in [-0.05, 0) is 49.1 Å². The first-order valence-corrected chi connectivity index (χ1v) is 11.0. The molecule has 2 aliphatic rings. The summed E-state index contributed by atoms with van der Waals surface area (Å²) in [5.41, 5.74) is 2.07. The molecule has 1 aromatic heterocycles. The first-order chi connectivity index (χ1) is 15.5. The number of carbonyl (C=O) groups excluding carboxylic acids is 2. The number of amides is 1. The first kappa shape index (κ1) is 21.9. The van der Waals surface area contributed by atoms with Gasteiger partial charge in [-0.1, -0.05) is 23.9 Å². The lowest BCUT2D eigenvalue weighted by Crippen LogP contribution is -2.38. The summed E-state index contributed by atoms with van der Waals surface area (Å²) in [7, 11) is 0. The molecule has 32 heavy (non-hydrogen) atoms. The van der Waals surface area contributed by atoms with Crippen molar-refractivity contribution in [1.82, 2.24) is 10.2 Å². The molecule has 2 aliphatic heterocycles. The van der Waals surface area contributed by atoms with Crippen molar-refractivity contribution in [2.45, 2.75) is 32.9 Å². The van der Waals surface area contributed by atoms with Crippen LogP contribution in [0.1, 0.15) is 37.6 Å². The third-order valence-electron chi connectivity index (χ3n) is 5.04. The Morgan fingerprint density at radius 3 is 2.88 bits per heavy atom. The number of hydrogen-bond donors (Lipinski definition) is 1. The van der Waals surface area contributed by atoms with Crippen LogP contribution < -0.4 is 5.32 Å². The van der Waals surface area contributed by atoms with E-state index in [4.69, 9.17) is 9.15 Å². The Hall–Kier alpha value is -3.33. The molecule has 0 spiro atoms. The van der Waals surface area contributed by atoms with E-state index >= 15 is 0 Å². The lowest BCUT2D eigenvalue weighted by molar-refractivity contribution is -0.139. The highest BCUT2D eigenvalue weighted by Gasteiger charge is 2.41. The van der Waals surface area contributed by atoms with Crippen LogP contribution >= 0.6 is 11.8 Å². The van der Waals surface area contributed by atoms with E-state index in [-0.39, 0.29) is 25.5 Å². The van der Waals surface area contributed by atoms with Gasteiger partial charge >= 0.3 is 5.97 Å². The van der Waals surface area contributed by atoms with Gasteiger partial charge in [0, 0.05) is 5.70 Å². The maximum absolute atomic E-state index is 14.1. The Bertz CT molecular complexity index is 1120. The number of fused-ring (bicyclic) bond motifs is 1. The Kier molecular flexibility index (Phi) is 6.45. The van der Waals surface area contributed by atoms with Crippen molar-refractivity contribution in [3.05, 3.63) is 82.2 Å². The van der Waals surface area contributed by atoms with E-state index in [1.165, 1.54) is 23.9 Å². The lowest BCUT2D eigenvalue weighted by Gasteiger charge is -2.36. The molecule has 2 aromatic rings. The molecule has 0 aliphatic carbocycles. The van der Waals surface area contributed by atoms with Gasteiger partial charge in [-0.2, -0.15) is 0 Å². The fourth-order valence-corrected chi connectivity index (χ4v) is 4.62. The predicted molar refractivity (Wildman–Crippen MR) is 119 cm³/mol. The molecule has 0 fully saturated rings. The van der Waals surface area contributed by atoms with Crippen LogP contribution in [0.5, 0.6) is 0 Å². The molecule has 0 radical (unpaired) electrons. The number of rotatable bonds is 7. The van der Waals surface area contributed by atoms with E-state index in [0.29, 0.717) is 33.5 Å². The normalized spacial score (nSPS) is 17.6. The molecular weight excluding hydrogens is 433 g/mol. The second-order valence-corrected chi connectivity index (χ2v) is 8.04. The monoisotopic (exact) mass is 455 g/mol. The van der Waals surface area contributed by atoms with Crippen LogP contribution in [0.4, 0.5) is 4.39 Å².